The average Bonchev–Trinajstić information content (AvgIpc) is 3.54. The minimum absolute atomic E-state index is 0.104. The number of thioether (sulfide) groups is 1. The fraction of sp³-hybridized carbons (Fsp3) is 0.250. The van der Waals surface area contributed by atoms with Crippen molar-refractivity contribution in [1.82, 2.24) is 9.55 Å². The molecule has 40 heavy (non-hydrogen) atoms. The lowest BCUT2D eigenvalue weighted by Crippen LogP contribution is -2.31. The van der Waals surface area contributed by atoms with Crippen molar-refractivity contribution >= 4 is 28.9 Å². The van der Waals surface area contributed by atoms with Crippen molar-refractivity contribution in [3.63, 3.8) is 0 Å². The van der Waals surface area contributed by atoms with Crippen LogP contribution in [0.2, 0.25) is 0 Å². The van der Waals surface area contributed by atoms with Crippen molar-refractivity contribution in [2.24, 2.45) is 0 Å². The number of benzene rings is 2. The first-order chi connectivity index (χ1) is 18.9. The highest BCUT2D eigenvalue weighted by molar-refractivity contribution is 7.99. The molecule has 2 aromatic carbocycles. The van der Waals surface area contributed by atoms with Gasteiger partial charge in [0.1, 0.15) is 11.9 Å². The zero-order valence-corrected chi connectivity index (χ0v) is 23.0. The number of thiazole rings is 1. The van der Waals surface area contributed by atoms with Gasteiger partial charge in [-0.25, -0.2) is 13.8 Å². The number of alkyl halides is 3. The maximum absolute atomic E-state index is 15.5. The number of hydrogen-bond acceptors (Lipinski definition) is 6. The summed E-state index contributed by atoms with van der Waals surface area (Å²) < 4.78 is 78.3. The lowest BCUT2D eigenvalue weighted by Gasteiger charge is -2.21. The molecule has 12 heteroatoms. The van der Waals surface area contributed by atoms with Crippen molar-refractivity contribution in [2.45, 2.75) is 37.5 Å². The van der Waals surface area contributed by atoms with E-state index in [9.17, 15) is 27.2 Å². The Morgan fingerprint density at radius 2 is 1.85 bits per heavy atom. The molecule has 1 aliphatic rings. The van der Waals surface area contributed by atoms with Gasteiger partial charge in [0.15, 0.2) is 16.6 Å². The molecule has 2 aromatic heterocycles. The quantitative estimate of drug-likeness (QED) is 0.178. The number of methoxy groups -OCH3 is 1. The van der Waals surface area contributed by atoms with Gasteiger partial charge in [0.2, 0.25) is 5.78 Å². The molecule has 0 amide bonds. The summed E-state index contributed by atoms with van der Waals surface area (Å²) >= 11 is 2.26. The van der Waals surface area contributed by atoms with Crippen LogP contribution in [0.3, 0.4) is 0 Å². The van der Waals surface area contributed by atoms with E-state index in [2.05, 4.69) is 4.98 Å². The second-order valence-corrected chi connectivity index (χ2v) is 11.4. The van der Waals surface area contributed by atoms with Crippen LogP contribution in [-0.2, 0) is 12.6 Å². The fourth-order valence-electron chi connectivity index (χ4n) is 4.87. The number of carbonyl (C=O) groups is 1. The molecule has 3 heterocycles. The van der Waals surface area contributed by atoms with E-state index in [0.717, 1.165) is 46.2 Å². The molecule has 4 aromatic rings. The van der Waals surface area contributed by atoms with Gasteiger partial charge >= 0.3 is 6.18 Å². The molecule has 0 spiro atoms. The number of aromatic nitrogens is 2. The second kappa shape index (κ2) is 10.5. The number of Topliss-reactive ketones (excluding diaryl/α,β-unsaturated/α-hetero) is 1. The van der Waals surface area contributed by atoms with Gasteiger partial charge in [-0.05, 0) is 43.2 Å². The van der Waals surface area contributed by atoms with Gasteiger partial charge in [0, 0.05) is 34.4 Å². The van der Waals surface area contributed by atoms with Crippen LogP contribution in [0.5, 0.6) is 5.75 Å². The van der Waals surface area contributed by atoms with E-state index in [1.807, 2.05) is 0 Å². The molecule has 0 fully saturated rings. The topological polar surface area (TPSA) is 61.2 Å². The Bertz CT molecular complexity index is 1710. The number of rotatable bonds is 6. The van der Waals surface area contributed by atoms with E-state index in [0.29, 0.717) is 0 Å². The van der Waals surface area contributed by atoms with Crippen molar-refractivity contribution < 1.29 is 31.5 Å². The maximum Gasteiger partial charge on any atom is 0.416 e. The van der Waals surface area contributed by atoms with Gasteiger partial charge in [-0.3, -0.25) is 14.2 Å². The Morgan fingerprint density at radius 3 is 2.50 bits per heavy atom. The second-order valence-electron chi connectivity index (χ2n) is 9.19. The highest BCUT2D eigenvalue weighted by atomic mass is 32.2. The minimum atomic E-state index is -4.84. The van der Waals surface area contributed by atoms with Crippen LogP contribution >= 0.6 is 23.1 Å². The van der Waals surface area contributed by atoms with E-state index >= 15 is 4.39 Å². The molecule has 5 nitrogen and oxygen atoms in total. The summed E-state index contributed by atoms with van der Waals surface area (Å²) in [5.74, 6) is -2.39. The standard InChI is InChI=1S/C28H21F5N2O3S2/c1-13-11-34-25(40-13)24(36)20-12-39-27-16(10-17-18(28(31,32)33)7-5-8-19(17)29)14(2)22(26(37)35(20)27)15-6-4-9-21(38-3)23(15)30/h4-9,11,20H,10,12H2,1-3H3. The number of nitrogens with zero attached hydrogens (tertiary/aromatic N) is 2. The number of ketones is 1. The van der Waals surface area contributed by atoms with E-state index in [1.165, 1.54) is 43.0 Å². The van der Waals surface area contributed by atoms with E-state index < -0.39 is 52.7 Å². The molecule has 0 saturated heterocycles. The maximum atomic E-state index is 15.5. The largest absolute Gasteiger partial charge is 0.494 e. The summed E-state index contributed by atoms with van der Waals surface area (Å²) in [5.41, 5.74) is -2.35. The smallest absolute Gasteiger partial charge is 0.416 e. The van der Waals surface area contributed by atoms with E-state index in [4.69, 9.17) is 4.74 Å². The Morgan fingerprint density at radius 1 is 1.12 bits per heavy atom. The van der Waals surface area contributed by atoms with Crippen LogP contribution in [0.25, 0.3) is 11.1 Å². The molecule has 0 N–H and O–H groups in total. The van der Waals surface area contributed by atoms with Crippen molar-refractivity contribution in [3.8, 4) is 16.9 Å². The summed E-state index contributed by atoms with van der Waals surface area (Å²) in [6, 6.07) is 5.85. The fourth-order valence-corrected chi connectivity index (χ4v) is 6.99. The molecule has 5 rings (SSSR count). The molecular formula is C28H21F5N2O3S2. The lowest BCUT2D eigenvalue weighted by molar-refractivity contribution is -0.138. The molecule has 208 valence electrons. The Labute approximate surface area is 233 Å². The van der Waals surface area contributed by atoms with Gasteiger partial charge in [-0.15, -0.1) is 23.1 Å². The van der Waals surface area contributed by atoms with Gasteiger partial charge in [0.05, 0.1) is 23.3 Å². The predicted molar refractivity (Wildman–Crippen MR) is 143 cm³/mol. The third-order valence-electron chi connectivity index (χ3n) is 6.79. The summed E-state index contributed by atoms with van der Waals surface area (Å²) in [5, 5.41) is 0.408. The highest BCUT2D eigenvalue weighted by Crippen LogP contribution is 2.43. The van der Waals surface area contributed by atoms with Gasteiger partial charge in [-0.2, -0.15) is 13.2 Å². The SMILES string of the molecule is COc1cccc(-c2c(C)c(Cc3c(F)cccc3C(F)(F)F)c3n(c2=O)C(C(=O)c2ncc(C)s2)CS3)c1F. The van der Waals surface area contributed by atoms with Gasteiger partial charge < -0.3 is 4.74 Å². The van der Waals surface area contributed by atoms with Crippen LogP contribution in [0, 0.1) is 25.5 Å². The number of fused-ring (bicyclic) bond motifs is 1. The number of ether oxygens (including phenoxy) is 1. The molecule has 1 aliphatic heterocycles. The van der Waals surface area contributed by atoms with Crippen molar-refractivity contribution in [1.29, 1.82) is 0 Å². The molecular weight excluding hydrogens is 571 g/mol. The first-order valence-corrected chi connectivity index (χ1v) is 13.8. The van der Waals surface area contributed by atoms with Gasteiger partial charge in [-0.1, -0.05) is 18.2 Å². The molecule has 0 aliphatic carbocycles. The number of halogens is 5. The van der Waals surface area contributed by atoms with Crippen molar-refractivity contribution in [2.75, 3.05) is 12.9 Å². The third kappa shape index (κ3) is 4.72. The molecule has 0 radical (unpaired) electrons. The Balaban J connectivity index is 1.79. The monoisotopic (exact) mass is 592 g/mol. The Kier molecular flexibility index (Phi) is 7.34. The first-order valence-electron chi connectivity index (χ1n) is 12.0. The molecule has 0 bridgehead atoms. The number of carbonyl (C=O) groups excluding carboxylic acids is 1. The van der Waals surface area contributed by atoms with Crippen LogP contribution in [0.15, 0.2) is 52.4 Å². The van der Waals surface area contributed by atoms with Crippen LogP contribution < -0.4 is 10.3 Å². The van der Waals surface area contributed by atoms with E-state index in [1.54, 1.807) is 6.92 Å². The summed E-state index contributed by atoms with van der Waals surface area (Å²) in [7, 11) is 1.26. The third-order valence-corrected chi connectivity index (χ3v) is 8.92. The number of hydrogen-bond donors (Lipinski definition) is 0. The molecule has 1 atom stereocenters. The normalized spacial score (nSPS) is 14.8. The summed E-state index contributed by atoms with van der Waals surface area (Å²) in [6.45, 7) is 3.26. The average molecular weight is 593 g/mol. The zero-order valence-electron chi connectivity index (χ0n) is 21.4. The van der Waals surface area contributed by atoms with E-state index in [-0.39, 0.29) is 43.8 Å². The molecule has 1 unspecified atom stereocenters. The summed E-state index contributed by atoms with van der Waals surface area (Å²) in [4.78, 5) is 32.4. The Hall–Kier alpha value is -3.51. The van der Waals surface area contributed by atoms with Crippen molar-refractivity contribution in [3.05, 3.63) is 96.7 Å². The lowest BCUT2D eigenvalue weighted by atomic mass is 9.92. The van der Waals surface area contributed by atoms with Crippen LogP contribution in [-0.4, -0.2) is 28.2 Å². The minimum Gasteiger partial charge on any atom is -0.494 e. The zero-order chi connectivity index (χ0) is 28.9. The highest BCUT2D eigenvalue weighted by Gasteiger charge is 2.39. The summed E-state index contributed by atoms with van der Waals surface area (Å²) in [6.07, 6.45) is -3.85. The van der Waals surface area contributed by atoms with Gasteiger partial charge in [0.25, 0.3) is 5.56 Å². The number of pyridine rings is 1. The number of aryl methyl sites for hydroxylation is 1. The predicted octanol–water partition coefficient (Wildman–Crippen LogP) is 7.01. The van der Waals surface area contributed by atoms with Crippen LogP contribution in [0.1, 0.15) is 43.0 Å². The molecule has 0 saturated carbocycles. The first kappa shape index (κ1) is 28.0. The van der Waals surface area contributed by atoms with Crippen LogP contribution in [0.4, 0.5) is 22.0 Å².